The summed E-state index contributed by atoms with van der Waals surface area (Å²) in [5.41, 5.74) is 6.24. The predicted octanol–water partition coefficient (Wildman–Crippen LogP) is 2.23. The number of hydrogen-bond acceptors (Lipinski definition) is 5. The number of nitrogen functional groups attached to an aromatic ring is 1. The lowest BCUT2D eigenvalue weighted by Gasteiger charge is -2.22. The molecule has 0 fully saturated rings. The molecule has 0 spiro atoms. The Kier molecular flexibility index (Phi) is 4.29. The highest BCUT2D eigenvalue weighted by molar-refractivity contribution is 7.99. The van der Waals surface area contributed by atoms with Gasteiger partial charge in [0, 0.05) is 11.3 Å². The van der Waals surface area contributed by atoms with Crippen LogP contribution in [0.3, 0.4) is 0 Å². The maximum Gasteiger partial charge on any atom is 0.238 e. The van der Waals surface area contributed by atoms with Crippen LogP contribution in [-0.4, -0.2) is 29.6 Å². The van der Waals surface area contributed by atoms with E-state index in [0.717, 1.165) is 12.4 Å². The van der Waals surface area contributed by atoms with Gasteiger partial charge in [0.1, 0.15) is 5.82 Å². The molecule has 0 unspecified atom stereocenters. The van der Waals surface area contributed by atoms with Crippen LogP contribution in [0.1, 0.15) is 13.8 Å². The monoisotopic (exact) mass is 241 g/mol. The van der Waals surface area contributed by atoms with Gasteiger partial charge >= 0.3 is 0 Å². The van der Waals surface area contributed by atoms with Gasteiger partial charge in [0.25, 0.3) is 0 Å². The molecular weight excluding hydrogens is 222 g/mol. The Morgan fingerprint density at radius 1 is 1.50 bits per heavy atom. The summed E-state index contributed by atoms with van der Waals surface area (Å²) in [5, 5.41) is 3.27. The first-order chi connectivity index (χ1) is 7.48. The summed E-state index contributed by atoms with van der Waals surface area (Å²) in [6.07, 6.45) is 2.10. The molecule has 0 amide bonds. The predicted molar refractivity (Wildman–Crippen MR) is 71.3 cm³/mol. The molecule has 1 aromatic heterocycles. The lowest BCUT2D eigenvalue weighted by molar-refractivity contribution is 0.401. The zero-order valence-corrected chi connectivity index (χ0v) is 11.0. The molecule has 1 heterocycles. The summed E-state index contributed by atoms with van der Waals surface area (Å²) in [7, 11) is 1.56. The Balaban J connectivity index is 2.68. The number of ether oxygens (including phenoxy) is 1. The van der Waals surface area contributed by atoms with Gasteiger partial charge in [0.15, 0.2) is 0 Å². The average molecular weight is 241 g/mol. The van der Waals surface area contributed by atoms with Crippen molar-refractivity contribution in [2.24, 2.45) is 0 Å². The number of anilines is 2. The van der Waals surface area contributed by atoms with Crippen LogP contribution >= 0.6 is 11.8 Å². The van der Waals surface area contributed by atoms with Gasteiger partial charge in [0.05, 0.1) is 12.8 Å². The molecule has 0 bridgehead atoms. The Morgan fingerprint density at radius 3 is 2.75 bits per heavy atom. The first-order valence-corrected chi connectivity index (χ1v) is 6.30. The molecule has 0 atom stereocenters. The van der Waals surface area contributed by atoms with Crippen LogP contribution in [0.4, 0.5) is 11.5 Å². The van der Waals surface area contributed by atoms with Gasteiger partial charge in [-0.05, 0) is 32.2 Å². The minimum atomic E-state index is 0.177. The minimum Gasteiger partial charge on any atom is -0.479 e. The van der Waals surface area contributed by atoms with Gasteiger partial charge in [-0.3, -0.25) is 0 Å². The van der Waals surface area contributed by atoms with Crippen molar-refractivity contribution in [1.29, 1.82) is 0 Å². The maximum atomic E-state index is 5.69. The number of nitrogens with two attached hydrogens (primary N) is 1. The van der Waals surface area contributed by atoms with E-state index in [2.05, 4.69) is 30.4 Å². The van der Waals surface area contributed by atoms with Crippen LogP contribution in [0.5, 0.6) is 5.88 Å². The molecular formula is C11H19N3OS. The number of methoxy groups -OCH3 is 1. The van der Waals surface area contributed by atoms with Crippen LogP contribution in [0.2, 0.25) is 0 Å². The highest BCUT2D eigenvalue weighted by atomic mass is 32.2. The summed E-state index contributed by atoms with van der Waals surface area (Å²) < 4.78 is 5.24. The highest BCUT2D eigenvalue weighted by Crippen LogP contribution is 2.23. The smallest absolute Gasteiger partial charge is 0.238 e. The largest absolute Gasteiger partial charge is 0.479 e. The quantitative estimate of drug-likeness (QED) is 0.827. The van der Waals surface area contributed by atoms with Crippen LogP contribution in [-0.2, 0) is 0 Å². The van der Waals surface area contributed by atoms with E-state index in [1.807, 2.05) is 17.8 Å². The number of pyridine rings is 1. The summed E-state index contributed by atoms with van der Waals surface area (Å²) >= 11 is 1.81. The van der Waals surface area contributed by atoms with E-state index in [0.29, 0.717) is 11.6 Å². The third kappa shape index (κ3) is 3.48. The van der Waals surface area contributed by atoms with Crippen LogP contribution < -0.4 is 15.8 Å². The minimum absolute atomic E-state index is 0.177. The Hall–Kier alpha value is -1.10. The normalized spacial score (nSPS) is 11.2. The zero-order valence-electron chi connectivity index (χ0n) is 10.2. The molecule has 0 radical (unpaired) electrons. The fourth-order valence-electron chi connectivity index (χ4n) is 1.09. The number of rotatable bonds is 5. The molecule has 0 aliphatic heterocycles. The molecule has 0 saturated carbocycles. The molecule has 16 heavy (non-hydrogen) atoms. The Morgan fingerprint density at radius 2 is 2.19 bits per heavy atom. The summed E-state index contributed by atoms with van der Waals surface area (Å²) in [5.74, 6) is 1.25. The van der Waals surface area contributed by atoms with Crippen LogP contribution in [0.25, 0.3) is 0 Å². The summed E-state index contributed by atoms with van der Waals surface area (Å²) in [4.78, 5) is 4.26. The second-order valence-corrected chi connectivity index (χ2v) is 5.63. The lowest BCUT2D eigenvalue weighted by Crippen LogP contribution is -2.26. The van der Waals surface area contributed by atoms with Crippen molar-refractivity contribution in [2.75, 3.05) is 31.0 Å². The first kappa shape index (κ1) is 13.0. The van der Waals surface area contributed by atoms with Gasteiger partial charge in [-0.1, -0.05) is 0 Å². The van der Waals surface area contributed by atoms with Crippen molar-refractivity contribution >= 4 is 23.3 Å². The topological polar surface area (TPSA) is 60.2 Å². The Labute approximate surface area is 101 Å². The van der Waals surface area contributed by atoms with Gasteiger partial charge in [0.2, 0.25) is 5.88 Å². The van der Waals surface area contributed by atoms with Gasteiger partial charge in [-0.15, -0.1) is 0 Å². The van der Waals surface area contributed by atoms with Crippen molar-refractivity contribution in [3.63, 3.8) is 0 Å². The van der Waals surface area contributed by atoms with Crippen molar-refractivity contribution < 1.29 is 4.74 Å². The molecule has 90 valence electrons. The summed E-state index contributed by atoms with van der Waals surface area (Å²) in [6, 6.07) is 3.65. The summed E-state index contributed by atoms with van der Waals surface area (Å²) in [6.45, 7) is 5.20. The second-order valence-electron chi connectivity index (χ2n) is 4.11. The molecule has 1 rings (SSSR count). The molecule has 0 aliphatic carbocycles. The van der Waals surface area contributed by atoms with E-state index in [1.54, 1.807) is 13.2 Å². The molecule has 0 aromatic carbocycles. The Bertz CT molecular complexity index is 355. The standard InChI is InChI=1S/C11H19N3OS/c1-11(2,16-4)7-13-9-6-5-8(12)10(14-9)15-3/h5-6H,7,12H2,1-4H3,(H,13,14). The van der Waals surface area contributed by atoms with E-state index in [4.69, 9.17) is 10.5 Å². The van der Waals surface area contributed by atoms with Crippen molar-refractivity contribution in [3.8, 4) is 5.88 Å². The molecule has 0 saturated heterocycles. The van der Waals surface area contributed by atoms with E-state index >= 15 is 0 Å². The van der Waals surface area contributed by atoms with E-state index in [9.17, 15) is 0 Å². The molecule has 3 N–H and O–H groups in total. The van der Waals surface area contributed by atoms with Gasteiger partial charge in [-0.25, -0.2) is 0 Å². The van der Waals surface area contributed by atoms with Crippen molar-refractivity contribution in [1.82, 2.24) is 4.98 Å². The highest BCUT2D eigenvalue weighted by Gasteiger charge is 2.15. The van der Waals surface area contributed by atoms with E-state index in [-0.39, 0.29) is 4.75 Å². The maximum absolute atomic E-state index is 5.69. The lowest BCUT2D eigenvalue weighted by atomic mass is 10.2. The second kappa shape index (κ2) is 5.30. The van der Waals surface area contributed by atoms with E-state index in [1.165, 1.54) is 0 Å². The van der Waals surface area contributed by atoms with Crippen molar-refractivity contribution in [2.45, 2.75) is 18.6 Å². The molecule has 4 nitrogen and oxygen atoms in total. The average Bonchev–Trinajstić information content (AvgIpc) is 2.28. The number of thioether (sulfide) groups is 1. The number of hydrogen-bond donors (Lipinski definition) is 2. The fourth-order valence-corrected chi connectivity index (χ4v) is 1.31. The fraction of sp³-hybridized carbons (Fsp3) is 0.545. The van der Waals surface area contributed by atoms with Gasteiger partial charge < -0.3 is 15.8 Å². The number of nitrogens with zero attached hydrogens (tertiary/aromatic N) is 1. The van der Waals surface area contributed by atoms with Gasteiger partial charge in [-0.2, -0.15) is 16.7 Å². The number of nitrogens with one attached hydrogen (secondary N) is 1. The zero-order chi connectivity index (χ0) is 12.2. The molecule has 5 heteroatoms. The molecule has 0 aliphatic rings. The first-order valence-electron chi connectivity index (χ1n) is 5.08. The SMILES string of the molecule is COc1nc(NCC(C)(C)SC)ccc1N. The third-order valence-electron chi connectivity index (χ3n) is 2.33. The van der Waals surface area contributed by atoms with E-state index < -0.39 is 0 Å². The third-order valence-corrected chi connectivity index (χ3v) is 3.58. The van der Waals surface area contributed by atoms with Crippen molar-refractivity contribution in [3.05, 3.63) is 12.1 Å². The van der Waals surface area contributed by atoms with Crippen LogP contribution in [0.15, 0.2) is 12.1 Å². The van der Waals surface area contributed by atoms with Crippen LogP contribution in [0, 0.1) is 0 Å². The molecule has 1 aromatic rings. The number of aromatic nitrogens is 1.